The highest BCUT2D eigenvalue weighted by Crippen LogP contribution is 2.36. The Balaban J connectivity index is 1.88. The van der Waals surface area contributed by atoms with Gasteiger partial charge in [-0.2, -0.15) is 0 Å². The first-order valence-corrected chi connectivity index (χ1v) is 7.40. The highest BCUT2D eigenvalue weighted by atomic mass is 35.5. The molecule has 1 N–H and O–H groups in total. The summed E-state index contributed by atoms with van der Waals surface area (Å²) < 4.78 is 12.1. The standard InChI is InChI=1S/C14H20BClN2O2/c1-13(2)14(3,4)20-15(19-13)12-5-10(9-6-17-7-9)11(16)8-18-12/h5,8-9,17H,6-7H2,1-4H3. The van der Waals surface area contributed by atoms with E-state index in [0.29, 0.717) is 5.92 Å². The smallest absolute Gasteiger partial charge is 0.398 e. The number of pyridine rings is 1. The fourth-order valence-corrected chi connectivity index (χ4v) is 2.64. The molecule has 0 amide bonds. The molecule has 1 aromatic rings. The maximum atomic E-state index is 6.25. The van der Waals surface area contributed by atoms with Crippen LogP contribution in [-0.4, -0.2) is 36.4 Å². The molecule has 2 aliphatic heterocycles. The average molecular weight is 295 g/mol. The quantitative estimate of drug-likeness (QED) is 0.844. The van der Waals surface area contributed by atoms with Crippen LogP contribution in [0.2, 0.25) is 5.02 Å². The Morgan fingerprint density at radius 2 is 1.85 bits per heavy atom. The molecule has 3 heterocycles. The minimum Gasteiger partial charge on any atom is -0.398 e. The van der Waals surface area contributed by atoms with Crippen molar-refractivity contribution in [1.29, 1.82) is 0 Å². The topological polar surface area (TPSA) is 43.4 Å². The largest absolute Gasteiger partial charge is 0.514 e. The maximum Gasteiger partial charge on any atom is 0.514 e. The van der Waals surface area contributed by atoms with Gasteiger partial charge in [0.05, 0.1) is 21.8 Å². The predicted molar refractivity (Wildman–Crippen MR) is 80.6 cm³/mol. The molecule has 2 saturated heterocycles. The molecule has 0 atom stereocenters. The lowest BCUT2D eigenvalue weighted by Crippen LogP contribution is -2.42. The molecule has 2 aliphatic rings. The molecule has 0 bridgehead atoms. The fraction of sp³-hybridized carbons (Fsp3) is 0.643. The van der Waals surface area contributed by atoms with E-state index in [1.807, 2.05) is 33.8 Å². The Hall–Kier alpha value is -0.615. The van der Waals surface area contributed by atoms with Crippen LogP contribution < -0.4 is 10.9 Å². The molecule has 0 saturated carbocycles. The van der Waals surface area contributed by atoms with E-state index < -0.39 is 7.12 Å². The molecule has 0 aromatic carbocycles. The van der Waals surface area contributed by atoms with Crippen LogP contribution >= 0.6 is 11.6 Å². The van der Waals surface area contributed by atoms with E-state index in [1.165, 1.54) is 0 Å². The van der Waals surface area contributed by atoms with Crippen LogP contribution in [0, 0.1) is 0 Å². The summed E-state index contributed by atoms with van der Waals surface area (Å²) in [5.41, 5.74) is 1.23. The fourth-order valence-electron chi connectivity index (χ4n) is 2.39. The molecule has 0 aliphatic carbocycles. The second-order valence-electron chi connectivity index (χ2n) is 6.57. The molecule has 108 valence electrons. The van der Waals surface area contributed by atoms with Crippen molar-refractivity contribution in [3.05, 3.63) is 22.8 Å². The Kier molecular flexibility index (Phi) is 3.37. The second kappa shape index (κ2) is 4.70. The molecule has 3 rings (SSSR count). The molecule has 6 heteroatoms. The summed E-state index contributed by atoms with van der Waals surface area (Å²) in [4.78, 5) is 4.39. The van der Waals surface area contributed by atoms with Crippen LogP contribution in [0.1, 0.15) is 39.2 Å². The highest BCUT2D eigenvalue weighted by molar-refractivity contribution is 6.61. The Morgan fingerprint density at radius 3 is 2.35 bits per heavy atom. The maximum absolute atomic E-state index is 6.25. The van der Waals surface area contributed by atoms with Gasteiger partial charge in [0.25, 0.3) is 0 Å². The van der Waals surface area contributed by atoms with Crippen molar-refractivity contribution >= 4 is 24.3 Å². The van der Waals surface area contributed by atoms with Gasteiger partial charge in [0, 0.05) is 25.2 Å². The van der Waals surface area contributed by atoms with Gasteiger partial charge in [-0.3, -0.25) is 4.98 Å². The number of aromatic nitrogens is 1. The zero-order chi connectivity index (χ0) is 14.5. The monoisotopic (exact) mass is 294 g/mol. The lowest BCUT2D eigenvalue weighted by atomic mass is 9.81. The highest BCUT2D eigenvalue weighted by Gasteiger charge is 2.52. The summed E-state index contributed by atoms with van der Waals surface area (Å²) >= 11 is 6.25. The van der Waals surface area contributed by atoms with Crippen molar-refractivity contribution in [1.82, 2.24) is 10.3 Å². The number of nitrogens with one attached hydrogen (secondary N) is 1. The molecule has 2 fully saturated rings. The zero-order valence-corrected chi connectivity index (χ0v) is 13.1. The molecule has 20 heavy (non-hydrogen) atoms. The van der Waals surface area contributed by atoms with Crippen molar-refractivity contribution in [2.24, 2.45) is 0 Å². The first-order valence-electron chi connectivity index (χ1n) is 7.02. The summed E-state index contributed by atoms with van der Waals surface area (Å²) in [5, 5.41) is 3.98. The van der Waals surface area contributed by atoms with E-state index >= 15 is 0 Å². The van der Waals surface area contributed by atoms with Crippen LogP contribution in [-0.2, 0) is 9.31 Å². The van der Waals surface area contributed by atoms with Gasteiger partial charge in [-0.15, -0.1) is 0 Å². The van der Waals surface area contributed by atoms with Crippen molar-refractivity contribution < 1.29 is 9.31 Å². The van der Waals surface area contributed by atoms with Gasteiger partial charge < -0.3 is 14.6 Å². The summed E-state index contributed by atoms with van der Waals surface area (Å²) in [6.07, 6.45) is 1.70. The van der Waals surface area contributed by atoms with E-state index in [1.54, 1.807) is 6.20 Å². The second-order valence-corrected chi connectivity index (χ2v) is 6.98. The van der Waals surface area contributed by atoms with Crippen molar-refractivity contribution in [2.75, 3.05) is 13.1 Å². The minimum atomic E-state index is -0.427. The van der Waals surface area contributed by atoms with Crippen LogP contribution in [0.3, 0.4) is 0 Å². The third-order valence-electron chi connectivity index (χ3n) is 4.62. The number of hydrogen-bond acceptors (Lipinski definition) is 4. The Morgan fingerprint density at radius 1 is 1.25 bits per heavy atom. The van der Waals surface area contributed by atoms with Crippen molar-refractivity contribution in [2.45, 2.75) is 44.8 Å². The SMILES string of the molecule is CC1(C)OB(c2cc(C3CNC3)c(Cl)cn2)OC1(C)C. The van der Waals surface area contributed by atoms with E-state index in [0.717, 1.165) is 29.3 Å². The van der Waals surface area contributed by atoms with Gasteiger partial charge in [-0.1, -0.05) is 11.6 Å². The molecular formula is C14H20BClN2O2. The lowest BCUT2D eigenvalue weighted by Gasteiger charge is -2.32. The van der Waals surface area contributed by atoms with Gasteiger partial charge in [0.1, 0.15) is 0 Å². The summed E-state index contributed by atoms with van der Waals surface area (Å²) in [5.74, 6) is 0.465. The van der Waals surface area contributed by atoms with Gasteiger partial charge in [0.2, 0.25) is 0 Å². The third kappa shape index (κ3) is 2.27. The summed E-state index contributed by atoms with van der Waals surface area (Å²) in [7, 11) is -0.427. The number of nitrogens with zero attached hydrogens (tertiary/aromatic N) is 1. The van der Waals surface area contributed by atoms with Gasteiger partial charge in [0.15, 0.2) is 0 Å². The van der Waals surface area contributed by atoms with E-state index in [9.17, 15) is 0 Å². The zero-order valence-electron chi connectivity index (χ0n) is 12.4. The van der Waals surface area contributed by atoms with Gasteiger partial charge in [-0.05, 0) is 39.3 Å². The first kappa shape index (κ1) is 14.3. The first-order chi connectivity index (χ1) is 9.30. The molecule has 0 radical (unpaired) electrons. The summed E-state index contributed by atoms with van der Waals surface area (Å²) in [6.45, 7) is 10.1. The lowest BCUT2D eigenvalue weighted by molar-refractivity contribution is 0.00578. The molecule has 1 aromatic heterocycles. The van der Waals surface area contributed by atoms with Crippen LogP contribution in [0.25, 0.3) is 0 Å². The van der Waals surface area contributed by atoms with E-state index in [4.69, 9.17) is 20.9 Å². The van der Waals surface area contributed by atoms with Gasteiger partial charge >= 0.3 is 7.12 Å². The molecular weight excluding hydrogens is 274 g/mol. The van der Waals surface area contributed by atoms with Crippen LogP contribution in [0.4, 0.5) is 0 Å². The predicted octanol–water partition coefficient (Wildman–Crippen LogP) is 1.72. The third-order valence-corrected chi connectivity index (χ3v) is 4.94. The molecule has 0 spiro atoms. The molecule has 0 unspecified atom stereocenters. The number of rotatable bonds is 2. The Bertz CT molecular complexity index is 516. The van der Waals surface area contributed by atoms with E-state index in [2.05, 4.69) is 10.3 Å². The average Bonchev–Trinajstić information content (AvgIpc) is 2.49. The van der Waals surface area contributed by atoms with Gasteiger partial charge in [-0.25, -0.2) is 0 Å². The number of hydrogen-bond donors (Lipinski definition) is 1. The summed E-state index contributed by atoms with van der Waals surface area (Å²) in [6, 6.07) is 2.02. The minimum absolute atomic E-state index is 0.350. The van der Waals surface area contributed by atoms with Crippen LogP contribution in [0.5, 0.6) is 0 Å². The Labute approximate surface area is 125 Å². The van der Waals surface area contributed by atoms with Crippen molar-refractivity contribution in [3.8, 4) is 0 Å². The van der Waals surface area contributed by atoms with Crippen molar-refractivity contribution in [3.63, 3.8) is 0 Å². The van der Waals surface area contributed by atoms with E-state index in [-0.39, 0.29) is 11.2 Å². The number of halogens is 1. The van der Waals surface area contributed by atoms with Crippen LogP contribution in [0.15, 0.2) is 12.3 Å². The molecule has 4 nitrogen and oxygen atoms in total. The normalized spacial score (nSPS) is 24.8.